The summed E-state index contributed by atoms with van der Waals surface area (Å²) < 4.78 is 15.8. The number of carbonyl (C=O) groups excluding carboxylic acids is 1. The Balaban J connectivity index is 2.53. The molecule has 0 heterocycles. The number of methoxy groups -OCH3 is 3. The Hall–Kier alpha value is -2.37. The van der Waals surface area contributed by atoms with Crippen LogP contribution in [-0.4, -0.2) is 32.2 Å². The number of ketones is 1. The van der Waals surface area contributed by atoms with E-state index in [1.54, 1.807) is 12.1 Å². The molecular weight excluding hydrogens is 367 g/mol. The highest BCUT2D eigenvalue weighted by atomic mass is 35.5. The predicted molar refractivity (Wildman–Crippen MR) is 97.6 cm³/mol. The quantitative estimate of drug-likeness (QED) is 0.583. The fraction of sp³-hybridized carbons (Fsp3) is 0.167. The highest BCUT2D eigenvalue weighted by molar-refractivity contribution is 6.39. The molecule has 0 unspecified atom stereocenters. The van der Waals surface area contributed by atoms with Crippen LogP contribution in [0.25, 0.3) is 6.08 Å². The monoisotopic (exact) mass is 382 g/mol. The molecular formula is C18H16Cl2O5. The van der Waals surface area contributed by atoms with Crippen LogP contribution in [0, 0.1) is 0 Å². The van der Waals surface area contributed by atoms with E-state index in [0.29, 0.717) is 5.56 Å². The molecule has 0 aliphatic carbocycles. The Morgan fingerprint density at radius 3 is 1.96 bits per heavy atom. The molecule has 0 amide bonds. The maximum absolute atomic E-state index is 12.3. The first-order chi connectivity index (χ1) is 12.0. The number of phenolic OH excluding ortho intramolecular Hbond substituents is 1. The highest BCUT2D eigenvalue weighted by Gasteiger charge is 2.23. The first kappa shape index (κ1) is 19.0. The van der Waals surface area contributed by atoms with Crippen LogP contribution in [0.2, 0.25) is 10.0 Å². The number of rotatable bonds is 6. The van der Waals surface area contributed by atoms with E-state index in [9.17, 15) is 9.90 Å². The number of halogens is 2. The van der Waals surface area contributed by atoms with Gasteiger partial charge in [0.25, 0.3) is 0 Å². The Labute approximate surface area is 155 Å². The van der Waals surface area contributed by atoms with Crippen LogP contribution in [0.3, 0.4) is 0 Å². The van der Waals surface area contributed by atoms with E-state index >= 15 is 0 Å². The van der Waals surface area contributed by atoms with Gasteiger partial charge in [-0.2, -0.15) is 0 Å². The van der Waals surface area contributed by atoms with Gasteiger partial charge in [-0.25, -0.2) is 0 Å². The average molecular weight is 383 g/mol. The average Bonchev–Trinajstić information content (AvgIpc) is 2.61. The molecule has 2 aromatic carbocycles. The van der Waals surface area contributed by atoms with E-state index in [0.717, 1.165) is 0 Å². The number of hydrogen-bond donors (Lipinski definition) is 1. The molecule has 0 fully saturated rings. The van der Waals surface area contributed by atoms with Crippen LogP contribution < -0.4 is 14.2 Å². The molecule has 0 bridgehead atoms. The van der Waals surface area contributed by atoms with Crippen LogP contribution >= 0.6 is 23.2 Å². The van der Waals surface area contributed by atoms with Crippen molar-refractivity contribution < 1.29 is 24.1 Å². The smallest absolute Gasteiger partial charge is 0.206 e. The van der Waals surface area contributed by atoms with Gasteiger partial charge in [-0.1, -0.05) is 35.3 Å². The lowest BCUT2D eigenvalue weighted by molar-refractivity contribution is 0.104. The van der Waals surface area contributed by atoms with Crippen LogP contribution in [0.5, 0.6) is 23.0 Å². The summed E-state index contributed by atoms with van der Waals surface area (Å²) in [5, 5.41) is 10.1. The zero-order valence-corrected chi connectivity index (χ0v) is 15.3. The fourth-order valence-electron chi connectivity index (χ4n) is 2.27. The van der Waals surface area contributed by atoms with E-state index < -0.39 is 5.78 Å². The van der Waals surface area contributed by atoms with Crippen molar-refractivity contribution in [2.45, 2.75) is 0 Å². The van der Waals surface area contributed by atoms with Gasteiger partial charge >= 0.3 is 0 Å². The topological polar surface area (TPSA) is 65.0 Å². The molecule has 0 radical (unpaired) electrons. The zero-order valence-electron chi connectivity index (χ0n) is 13.8. The number of carbonyl (C=O) groups is 1. The molecule has 0 saturated heterocycles. The van der Waals surface area contributed by atoms with Crippen molar-refractivity contribution in [3.05, 3.63) is 51.5 Å². The second-order valence-corrected chi connectivity index (χ2v) is 5.61. The number of phenols is 1. The SMILES string of the molecule is COc1c(Cl)c(C=CC(=O)c2ccccc2O)c(Cl)c(OC)c1OC. The van der Waals surface area contributed by atoms with Gasteiger partial charge in [0.2, 0.25) is 5.75 Å². The summed E-state index contributed by atoms with van der Waals surface area (Å²) in [4.78, 5) is 12.3. The second-order valence-electron chi connectivity index (χ2n) is 4.86. The number of ether oxygens (including phenoxy) is 3. The summed E-state index contributed by atoms with van der Waals surface area (Å²) in [5.41, 5.74) is 0.500. The number of allylic oxidation sites excluding steroid dienone is 1. The summed E-state index contributed by atoms with van der Waals surface area (Å²) in [5.74, 6) is 0.211. The number of para-hydroxylation sites is 1. The second kappa shape index (κ2) is 8.14. The van der Waals surface area contributed by atoms with Gasteiger partial charge in [0, 0.05) is 5.56 Å². The lowest BCUT2D eigenvalue weighted by atomic mass is 10.1. The number of hydrogen-bond acceptors (Lipinski definition) is 5. The van der Waals surface area contributed by atoms with E-state index in [1.165, 1.54) is 45.6 Å². The van der Waals surface area contributed by atoms with Crippen LogP contribution in [0.1, 0.15) is 15.9 Å². The molecule has 1 N–H and O–H groups in total. The first-order valence-corrected chi connectivity index (χ1v) is 7.89. The Morgan fingerprint density at radius 2 is 1.48 bits per heavy atom. The third kappa shape index (κ3) is 3.67. The van der Waals surface area contributed by atoms with E-state index in [-0.39, 0.29) is 38.6 Å². The number of benzene rings is 2. The summed E-state index contributed by atoms with van der Waals surface area (Å²) in [6.45, 7) is 0. The van der Waals surface area contributed by atoms with Crippen molar-refractivity contribution in [1.82, 2.24) is 0 Å². The van der Waals surface area contributed by atoms with E-state index in [4.69, 9.17) is 37.4 Å². The maximum Gasteiger partial charge on any atom is 0.206 e. The third-order valence-corrected chi connectivity index (χ3v) is 4.22. The highest BCUT2D eigenvalue weighted by Crippen LogP contribution is 2.50. The van der Waals surface area contributed by atoms with Crippen molar-refractivity contribution in [3.8, 4) is 23.0 Å². The largest absolute Gasteiger partial charge is 0.507 e. The van der Waals surface area contributed by atoms with Crippen molar-refractivity contribution in [1.29, 1.82) is 0 Å². The molecule has 0 aromatic heterocycles. The molecule has 0 aliphatic heterocycles. The minimum atomic E-state index is -0.404. The molecule has 0 saturated carbocycles. The molecule has 0 atom stereocenters. The van der Waals surface area contributed by atoms with Crippen LogP contribution in [0.4, 0.5) is 0 Å². The van der Waals surface area contributed by atoms with Gasteiger partial charge < -0.3 is 19.3 Å². The van der Waals surface area contributed by atoms with Crippen LogP contribution in [-0.2, 0) is 0 Å². The summed E-state index contributed by atoms with van der Waals surface area (Å²) in [6, 6.07) is 6.23. The normalized spacial score (nSPS) is 10.8. The molecule has 0 spiro atoms. The maximum atomic E-state index is 12.3. The fourth-order valence-corrected chi connectivity index (χ4v) is 2.96. The van der Waals surface area contributed by atoms with E-state index in [1.807, 2.05) is 0 Å². The Morgan fingerprint density at radius 1 is 0.960 bits per heavy atom. The Bertz CT molecular complexity index is 799. The molecule has 7 heteroatoms. The Kier molecular flexibility index (Phi) is 6.17. The molecule has 2 aromatic rings. The van der Waals surface area contributed by atoms with Gasteiger partial charge in [-0.3, -0.25) is 4.79 Å². The van der Waals surface area contributed by atoms with Gasteiger partial charge in [0.1, 0.15) is 5.75 Å². The van der Waals surface area contributed by atoms with Crippen LogP contribution in [0.15, 0.2) is 30.3 Å². The zero-order chi connectivity index (χ0) is 18.6. The third-order valence-electron chi connectivity index (χ3n) is 3.47. The summed E-state index contributed by atoms with van der Waals surface area (Å²) in [7, 11) is 4.29. The van der Waals surface area contributed by atoms with Crippen molar-refractivity contribution in [3.63, 3.8) is 0 Å². The predicted octanol–water partition coefficient (Wildman–Crippen LogP) is 4.62. The first-order valence-electron chi connectivity index (χ1n) is 7.13. The van der Waals surface area contributed by atoms with Gasteiger partial charge in [0.05, 0.1) is 36.9 Å². The van der Waals surface area contributed by atoms with Gasteiger partial charge in [-0.05, 0) is 24.3 Å². The minimum Gasteiger partial charge on any atom is -0.507 e. The molecule has 2 rings (SSSR count). The van der Waals surface area contributed by atoms with E-state index in [2.05, 4.69) is 0 Å². The van der Waals surface area contributed by atoms with Gasteiger partial charge in [-0.15, -0.1) is 0 Å². The summed E-state index contributed by atoms with van der Waals surface area (Å²) in [6.07, 6.45) is 2.69. The standard InChI is InChI=1S/C18H16Cl2O5/c1-23-16-14(19)11(15(20)17(24-2)18(16)25-3)8-9-13(22)10-6-4-5-7-12(10)21/h4-9,21H,1-3H3. The van der Waals surface area contributed by atoms with Crippen molar-refractivity contribution in [2.75, 3.05) is 21.3 Å². The molecule has 132 valence electrons. The minimum absolute atomic E-state index is 0.112. The summed E-state index contributed by atoms with van der Waals surface area (Å²) >= 11 is 12.7. The molecule has 25 heavy (non-hydrogen) atoms. The number of aromatic hydroxyl groups is 1. The molecule has 5 nitrogen and oxygen atoms in total. The van der Waals surface area contributed by atoms with Crippen molar-refractivity contribution in [2.24, 2.45) is 0 Å². The lowest BCUT2D eigenvalue weighted by Gasteiger charge is -2.17. The molecule has 0 aliphatic rings. The lowest BCUT2D eigenvalue weighted by Crippen LogP contribution is -1.99. The van der Waals surface area contributed by atoms with Gasteiger partial charge in [0.15, 0.2) is 17.3 Å². The van der Waals surface area contributed by atoms with Crippen molar-refractivity contribution >= 4 is 35.1 Å².